The van der Waals surface area contributed by atoms with Crippen LogP contribution < -0.4 is 0 Å². The van der Waals surface area contributed by atoms with Gasteiger partial charge in [-0.1, -0.05) is 22.9 Å². The highest BCUT2D eigenvalue weighted by molar-refractivity contribution is 9.09. The van der Waals surface area contributed by atoms with Gasteiger partial charge >= 0.3 is 6.18 Å². The molecule has 0 aromatic carbocycles. The second-order valence-electron chi connectivity index (χ2n) is 2.70. The molecule has 0 aromatic heterocycles. The van der Waals surface area contributed by atoms with E-state index in [9.17, 15) is 13.2 Å². The van der Waals surface area contributed by atoms with Crippen LogP contribution in [0.1, 0.15) is 13.3 Å². The third-order valence-electron chi connectivity index (χ3n) is 1.20. The third-order valence-corrected chi connectivity index (χ3v) is 2.30. The van der Waals surface area contributed by atoms with Crippen molar-refractivity contribution in [3.8, 4) is 0 Å². The fraction of sp³-hybridized carbons (Fsp3) is 1.00. The van der Waals surface area contributed by atoms with Crippen LogP contribution in [-0.4, -0.2) is 24.7 Å². The molecule has 1 nitrogen and oxygen atoms in total. The lowest BCUT2D eigenvalue weighted by Gasteiger charge is -2.09. The Labute approximate surface area is 78.4 Å². The number of hydrogen-bond donors (Lipinski definition) is 0. The summed E-state index contributed by atoms with van der Waals surface area (Å²) < 4.78 is 39.5. The van der Waals surface area contributed by atoms with E-state index in [1.807, 2.05) is 6.92 Å². The summed E-state index contributed by atoms with van der Waals surface area (Å²) in [5.74, 6) is 0.262. The van der Waals surface area contributed by atoms with E-state index in [-0.39, 0.29) is 12.5 Å². The van der Waals surface area contributed by atoms with E-state index in [4.69, 9.17) is 4.74 Å². The van der Waals surface area contributed by atoms with Crippen molar-refractivity contribution in [2.45, 2.75) is 19.5 Å². The van der Waals surface area contributed by atoms with Crippen LogP contribution in [-0.2, 0) is 4.74 Å². The Kier molecular flexibility index (Phi) is 5.92. The van der Waals surface area contributed by atoms with Gasteiger partial charge in [0.1, 0.15) is 0 Å². The predicted octanol–water partition coefficient (Wildman–Crippen LogP) is 2.99. The van der Waals surface area contributed by atoms with Crippen molar-refractivity contribution >= 4 is 15.9 Å². The molecule has 0 N–H and O–H groups in total. The summed E-state index contributed by atoms with van der Waals surface area (Å²) in [4.78, 5) is 0. The molecule has 0 rings (SSSR count). The van der Waals surface area contributed by atoms with Crippen molar-refractivity contribution in [1.82, 2.24) is 0 Å². The maximum absolute atomic E-state index is 11.6. The van der Waals surface area contributed by atoms with Gasteiger partial charge < -0.3 is 4.74 Å². The molecule has 0 bridgehead atoms. The Morgan fingerprint density at radius 3 is 2.42 bits per heavy atom. The SMILES string of the molecule is CC(CBr)COCCC(F)(F)F. The molecule has 0 aliphatic carbocycles. The molecule has 0 radical (unpaired) electrons. The average Bonchev–Trinajstić information content (AvgIpc) is 1.96. The van der Waals surface area contributed by atoms with E-state index in [2.05, 4.69) is 15.9 Å². The Hall–Kier alpha value is 0.230. The number of alkyl halides is 4. The van der Waals surface area contributed by atoms with Crippen LogP contribution in [0.15, 0.2) is 0 Å². The fourth-order valence-corrected chi connectivity index (χ4v) is 0.704. The minimum atomic E-state index is -4.10. The van der Waals surface area contributed by atoms with Crippen LogP contribution in [0.5, 0.6) is 0 Å². The number of halogens is 4. The number of hydrogen-bond acceptors (Lipinski definition) is 1. The molecule has 0 fully saturated rings. The fourth-order valence-electron chi connectivity index (χ4n) is 0.517. The van der Waals surface area contributed by atoms with Gasteiger partial charge in [-0.05, 0) is 5.92 Å². The first-order chi connectivity index (χ1) is 5.45. The highest BCUT2D eigenvalue weighted by Crippen LogP contribution is 2.19. The molecule has 0 amide bonds. The maximum Gasteiger partial charge on any atom is 0.391 e. The van der Waals surface area contributed by atoms with Crippen LogP contribution in [0, 0.1) is 5.92 Å². The molecule has 0 heterocycles. The van der Waals surface area contributed by atoms with Gasteiger partial charge in [-0.25, -0.2) is 0 Å². The lowest BCUT2D eigenvalue weighted by Crippen LogP contribution is -2.14. The highest BCUT2D eigenvalue weighted by Gasteiger charge is 2.26. The summed E-state index contributed by atoms with van der Waals surface area (Å²) in [6, 6.07) is 0. The van der Waals surface area contributed by atoms with E-state index in [0.717, 1.165) is 5.33 Å². The molecular formula is C7H12BrF3O. The molecule has 74 valence electrons. The number of ether oxygens (including phenoxy) is 1. The first kappa shape index (κ1) is 12.2. The van der Waals surface area contributed by atoms with Gasteiger partial charge in [-0.2, -0.15) is 13.2 Å². The smallest absolute Gasteiger partial charge is 0.381 e. The molecule has 0 aliphatic rings. The third kappa shape index (κ3) is 8.33. The van der Waals surface area contributed by atoms with Gasteiger partial charge in [-0.15, -0.1) is 0 Å². The maximum atomic E-state index is 11.6. The van der Waals surface area contributed by atoms with Crippen LogP contribution in [0.3, 0.4) is 0 Å². The molecule has 0 saturated heterocycles. The van der Waals surface area contributed by atoms with Crippen LogP contribution in [0.25, 0.3) is 0 Å². The zero-order chi connectivity index (χ0) is 9.61. The lowest BCUT2D eigenvalue weighted by molar-refractivity contribution is -0.145. The molecule has 0 spiro atoms. The van der Waals surface area contributed by atoms with Gasteiger partial charge in [0.05, 0.1) is 13.0 Å². The van der Waals surface area contributed by atoms with Crippen LogP contribution >= 0.6 is 15.9 Å². The molecule has 12 heavy (non-hydrogen) atoms. The van der Waals surface area contributed by atoms with Crippen molar-refractivity contribution in [3.63, 3.8) is 0 Å². The normalized spacial score (nSPS) is 14.8. The van der Waals surface area contributed by atoms with Gasteiger partial charge in [0.15, 0.2) is 0 Å². The Morgan fingerprint density at radius 1 is 1.42 bits per heavy atom. The van der Waals surface area contributed by atoms with Crippen molar-refractivity contribution in [2.75, 3.05) is 18.5 Å². The minimum absolute atomic E-state index is 0.235. The summed E-state index contributed by atoms with van der Waals surface area (Å²) >= 11 is 3.20. The molecule has 0 aliphatic heterocycles. The van der Waals surface area contributed by atoms with Crippen molar-refractivity contribution in [3.05, 3.63) is 0 Å². The first-order valence-electron chi connectivity index (χ1n) is 3.66. The Bertz CT molecular complexity index is 116. The topological polar surface area (TPSA) is 9.23 Å². The summed E-state index contributed by atoms with van der Waals surface area (Å²) in [5.41, 5.74) is 0. The average molecular weight is 249 g/mol. The Balaban J connectivity index is 3.22. The summed E-state index contributed by atoms with van der Waals surface area (Å²) in [6.45, 7) is 2.05. The van der Waals surface area contributed by atoms with Crippen molar-refractivity contribution < 1.29 is 17.9 Å². The van der Waals surface area contributed by atoms with E-state index in [1.54, 1.807) is 0 Å². The zero-order valence-corrected chi connectivity index (χ0v) is 8.41. The Morgan fingerprint density at radius 2 is 2.00 bits per heavy atom. The van der Waals surface area contributed by atoms with Gasteiger partial charge in [-0.3, -0.25) is 0 Å². The van der Waals surface area contributed by atoms with Crippen molar-refractivity contribution in [1.29, 1.82) is 0 Å². The monoisotopic (exact) mass is 248 g/mol. The molecular weight excluding hydrogens is 237 g/mol. The van der Waals surface area contributed by atoms with E-state index in [0.29, 0.717) is 6.61 Å². The van der Waals surface area contributed by atoms with E-state index in [1.165, 1.54) is 0 Å². The molecule has 0 aromatic rings. The van der Waals surface area contributed by atoms with Gasteiger partial charge in [0.25, 0.3) is 0 Å². The predicted molar refractivity (Wildman–Crippen MR) is 44.4 cm³/mol. The molecule has 0 saturated carbocycles. The van der Waals surface area contributed by atoms with E-state index >= 15 is 0 Å². The second kappa shape index (κ2) is 5.80. The van der Waals surface area contributed by atoms with Gasteiger partial charge in [0.2, 0.25) is 0 Å². The largest absolute Gasteiger partial charge is 0.391 e. The lowest BCUT2D eigenvalue weighted by atomic mass is 10.2. The van der Waals surface area contributed by atoms with Gasteiger partial charge in [0, 0.05) is 11.9 Å². The highest BCUT2D eigenvalue weighted by atomic mass is 79.9. The van der Waals surface area contributed by atoms with E-state index < -0.39 is 12.6 Å². The number of rotatable bonds is 5. The summed E-state index contributed by atoms with van der Waals surface area (Å²) in [5, 5.41) is 0.749. The minimum Gasteiger partial charge on any atom is -0.381 e. The molecule has 1 atom stereocenters. The molecule has 5 heteroatoms. The molecule has 1 unspecified atom stereocenters. The van der Waals surface area contributed by atoms with Crippen LogP contribution in [0.2, 0.25) is 0 Å². The van der Waals surface area contributed by atoms with Crippen LogP contribution in [0.4, 0.5) is 13.2 Å². The summed E-state index contributed by atoms with van der Waals surface area (Å²) in [6.07, 6.45) is -4.96. The quantitative estimate of drug-likeness (QED) is 0.537. The standard InChI is InChI=1S/C7H12BrF3O/c1-6(4-8)5-12-3-2-7(9,10)11/h6H,2-5H2,1H3. The van der Waals surface area contributed by atoms with Crippen molar-refractivity contribution in [2.24, 2.45) is 5.92 Å². The second-order valence-corrected chi connectivity index (χ2v) is 3.35. The summed E-state index contributed by atoms with van der Waals surface area (Å²) in [7, 11) is 0. The first-order valence-corrected chi connectivity index (χ1v) is 4.78. The zero-order valence-electron chi connectivity index (χ0n) is 6.83.